The van der Waals surface area contributed by atoms with E-state index in [1.807, 2.05) is 6.07 Å². The molecule has 2 aromatic carbocycles. The molecule has 28 heavy (non-hydrogen) atoms. The van der Waals surface area contributed by atoms with Gasteiger partial charge in [0, 0.05) is 13.0 Å². The van der Waals surface area contributed by atoms with Gasteiger partial charge >= 0.3 is 0 Å². The molecular weight excluding hydrogens is 357 g/mol. The van der Waals surface area contributed by atoms with Gasteiger partial charge in [-0.3, -0.25) is 4.90 Å². The number of halogens is 1. The summed E-state index contributed by atoms with van der Waals surface area (Å²) < 4.78 is 18.6. The summed E-state index contributed by atoms with van der Waals surface area (Å²) in [6.45, 7) is 2.63. The lowest BCUT2D eigenvalue weighted by molar-refractivity contribution is 0.0742. The van der Waals surface area contributed by atoms with Gasteiger partial charge in [0.1, 0.15) is 5.82 Å². The van der Waals surface area contributed by atoms with Crippen LogP contribution in [0.1, 0.15) is 35.7 Å². The smallest absolute Gasteiger partial charge is 0.235 e. The van der Waals surface area contributed by atoms with Crippen LogP contribution in [0.25, 0.3) is 0 Å². The topological polar surface area (TPSA) is 62.4 Å². The third-order valence-electron chi connectivity index (χ3n) is 5.56. The van der Waals surface area contributed by atoms with Crippen molar-refractivity contribution >= 4 is 0 Å². The third-order valence-corrected chi connectivity index (χ3v) is 5.56. The molecule has 4 rings (SSSR count). The average molecular weight is 381 g/mol. The highest BCUT2D eigenvalue weighted by Crippen LogP contribution is 2.34. The quantitative estimate of drug-likeness (QED) is 0.710. The van der Waals surface area contributed by atoms with Crippen molar-refractivity contribution in [1.29, 1.82) is 0 Å². The van der Waals surface area contributed by atoms with Crippen molar-refractivity contribution in [3.8, 4) is 0 Å². The van der Waals surface area contributed by atoms with Gasteiger partial charge in [-0.15, -0.1) is 0 Å². The highest BCUT2D eigenvalue weighted by molar-refractivity contribution is 5.20. The summed E-state index contributed by atoms with van der Waals surface area (Å²) in [5.41, 5.74) is 1.73. The van der Waals surface area contributed by atoms with Crippen LogP contribution < -0.4 is 0 Å². The first-order valence-electron chi connectivity index (χ1n) is 9.61. The molecule has 2 heterocycles. The molecule has 3 aromatic rings. The summed E-state index contributed by atoms with van der Waals surface area (Å²) in [6, 6.07) is 16.7. The van der Waals surface area contributed by atoms with E-state index in [0.717, 1.165) is 38.0 Å². The molecule has 0 atom stereocenters. The Balaban J connectivity index is 1.41. The standard InChI is InChI=1S/C22H24FN3O2/c23-19-8-6-17(7-9-19)14-20-24-21(28-25-20)22(16-27)10-12-26(13-11-22)15-18-4-2-1-3-5-18/h1-9,27H,10-16H2. The SMILES string of the molecule is OCC1(c2nc(Cc3ccc(F)cc3)no2)CCN(Cc2ccccc2)CC1. The summed E-state index contributed by atoms with van der Waals surface area (Å²) in [6.07, 6.45) is 2.02. The molecule has 1 aromatic heterocycles. The molecule has 1 fully saturated rings. The molecule has 0 radical (unpaired) electrons. The molecule has 6 heteroatoms. The molecule has 0 saturated carbocycles. The minimum atomic E-state index is -0.485. The fourth-order valence-electron chi connectivity index (χ4n) is 3.75. The van der Waals surface area contributed by atoms with Crippen molar-refractivity contribution in [3.05, 3.63) is 83.3 Å². The van der Waals surface area contributed by atoms with Crippen molar-refractivity contribution < 1.29 is 14.0 Å². The Labute approximate surface area is 163 Å². The van der Waals surface area contributed by atoms with Gasteiger partial charge in [-0.05, 0) is 49.2 Å². The number of rotatable bonds is 6. The average Bonchev–Trinajstić information content (AvgIpc) is 3.20. The van der Waals surface area contributed by atoms with E-state index < -0.39 is 5.41 Å². The number of hydrogen-bond acceptors (Lipinski definition) is 5. The zero-order chi connectivity index (χ0) is 19.4. The van der Waals surface area contributed by atoms with E-state index >= 15 is 0 Å². The number of benzene rings is 2. The molecule has 0 amide bonds. The summed E-state index contributed by atoms with van der Waals surface area (Å²) in [7, 11) is 0. The van der Waals surface area contributed by atoms with Gasteiger partial charge in [-0.2, -0.15) is 4.98 Å². The van der Waals surface area contributed by atoms with E-state index in [1.165, 1.54) is 17.7 Å². The lowest BCUT2D eigenvalue weighted by Crippen LogP contribution is -2.44. The van der Waals surface area contributed by atoms with Crippen molar-refractivity contribution in [2.45, 2.75) is 31.2 Å². The van der Waals surface area contributed by atoms with Gasteiger partial charge in [0.25, 0.3) is 0 Å². The molecule has 146 valence electrons. The second kappa shape index (κ2) is 8.20. The Hall–Kier alpha value is -2.57. The van der Waals surface area contributed by atoms with Crippen LogP contribution in [0.5, 0.6) is 0 Å². The van der Waals surface area contributed by atoms with E-state index in [0.29, 0.717) is 18.1 Å². The predicted octanol–water partition coefficient (Wildman–Crippen LogP) is 3.33. The highest BCUT2D eigenvalue weighted by atomic mass is 19.1. The minimum Gasteiger partial charge on any atom is -0.395 e. The lowest BCUT2D eigenvalue weighted by atomic mass is 9.79. The van der Waals surface area contributed by atoms with Gasteiger partial charge in [0.15, 0.2) is 5.82 Å². The van der Waals surface area contributed by atoms with E-state index in [9.17, 15) is 9.50 Å². The zero-order valence-corrected chi connectivity index (χ0v) is 15.7. The van der Waals surface area contributed by atoms with Crippen LogP contribution in [0.4, 0.5) is 4.39 Å². The van der Waals surface area contributed by atoms with Crippen LogP contribution >= 0.6 is 0 Å². The molecule has 0 unspecified atom stereocenters. The van der Waals surface area contributed by atoms with Gasteiger partial charge in [-0.1, -0.05) is 47.6 Å². The van der Waals surface area contributed by atoms with E-state index in [2.05, 4.69) is 39.3 Å². The Bertz CT molecular complexity index is 888. The van der Waals surface area contributed by atoms with Crippen molar-refractivity contribution in [2.75, 3.05) is 19.7 Å². The Kier molecular flexibility index (Phi) is 5.50. The lowest BCUT2D eigenvalue weighted by Gasteiger charge is -2.38. The number of nitrogens with zero attached hydrogens (tertiary/aromatic N) is 3. The number of hydrogen-bond donors (Lipinski definition) is 1. The molecule has 1 aliphatic rings. The molecule has 0 bridgehead atoms. The van der Waals surface area contributed by atoms with E-state index in [4.69, 9.17) is 4.52 Å². The minimum absolute atomic E-state index is 0.00956. The fourth-order valence-corrected chi connectivity index (χ4v) is 3.75. The number of aliphatic hydroxyl groups is 1. The second-order valence-corrected chi connectivity index (χ2v) is 7.52. The van der Waals surface area contributed by atoms with Crippen LogP contribution in [0.15, 0.2) is 59.1 Å². The van der Waals surface area contributed by atoms with E-state index in [-0.39, 0.29) is 12.4 Å². The first-order chi connectivity index (χ1) is 13.7. The Morgan fingerprint density at radius 2 is 1.71 bits per heavy atom. The van der Waals surface area contributed by atoms with Crippen LogP contribution in [-0.2, 0) is 18.4 Å². The molecule has 5 nitrogen and oxygen atoms in total. The molecule has 0 aliphatic carbocycles. The molecule has 1 aliphatic heterocycles. The van der Waals surface area contributed by atoms with Crippen LogP contribution in [0.2, 0.25) is 0 Å². The molecular formula is C22H24FN3O2. The normalized spacial score (nSPS) is 16.9. The number of likely N-dealkylation sites (tertiary alicyclic amines) is 1. The van der Waals surface area contributed by atoms with Crippen molar-refractivity contribution in [3.63, 3.8) is 0 Å². The molecule has 1 saturated heterocycles. The summed E-state index contributed by atoms with van der Waals surface area (Å²) in [5, 5.41) is 14.2. The summed E-state index contributed by atoms with van der Waals surface area (Å²) in [5.74, 6) is 0.798. The Morgan fingerprint density at radius 3 is 2.39 bits per heavy atom. The number of piperidine rings is 1. The maximum absolute atomic E-state index is 13.1. The zero-order valence-electron chi connectivity index (χ0n) is 15.7. The summed E-state index contributed by atoms with van der Waals surface area (Å²) >= 11 is 0. The maximum Gasteiger partial charge on any atom is 0.235 e. The largest absolute Gasteiger partial charge is 0.395 e. The van der Waals surface area contributed by atoms with Crippen LogP contribution in [0, 0.1) is 5.82 Å². The number of aromatic nitrogens is 2. The molecule has 1 N–H and O–H groups in total. The van der Waals surface area contributed by atoms with Crippen LogP contribution in [0.3, 0.4) is 0 Å². The van der Waals surface area contributed by atoms with Gasteiger partial charge in [-0.25, -0.2) is 4.39 Å². The fraction of sp³-hybridized carbons (Fsp3) is 0.364. The first kappa shape index (κ1) is 18.8. The molecule has 0 spiro atoms. The third kappa shape index (κ3) is 4.13. The predicted molar refractivity (Wildman–Crippen MR) is 103 cm³/mol. The van der Waals surface area contributed by atoms with Gasteiger partial charge in [0.2, 0.25) is 5.89 Å². The van der Waals surface area contributed by atoms with Crippen LogP contribution in [-0.4, -0.2) is 39.8 Å². The van der Waals surface area contributed by atoms with Gasteiger partial charge < -0.3 is 9.63 Å². The van der Waals surface area contributed by atoms with E-state index in [1.54, 1.807) is 12.1 Å². The van der Waals surface area contributed by atoms with Crippen molar-refractivity contribution in [1.82, 2.24) is 15.0 Å². The van der Waals surface area contributed by atoms with Gasteiger partial charge in [0.05, 0.1) is 12.0 Å². The number of aliphatic hydroxyl groups excluding tert-OH is 1. The first-order valence-corrected chi connectivity index (χ1v) is 9.61. The maximum atomic E-state index is 13.1. The highest BCUT2D eigenvalue weighted by Gasteiger charge is 2.40. The summed E-state index contributed by atoms with van der Waals surface area (Å²) in [4.78, 5) is 6.94. The Morgan fingerprint density at radius 1 is 1.00 bits per heavy atom. The van der Waals surface area contributed by atoms with Crippen molar-refractivity contribution in [2.24, 2.45) is 0 Å². The second-order valence-electron chi connectivity index (χ2n) is 7.52. The monoisotopic (exact) mass is 381 g/mol.